The van der Waals surface area contributed by atoms with Gasteiger partial charge in [-0.2, -0.15) is 9.97 Å². The van der Waals surface area contributed by atoms with Crippen molar-refractivity contribution < 1.29 is 13.1 Å². The van der Waals surface area contributed by atoms with E-state index in [1.807, 2.05) is 26.0 Å². The van der Waals surface area contributed by atoms with Crippen LogP contribution in [0.1, 0.15) is 44.2 Å². The van der Waals surface area contributed by atoms with Crippen molar-refractivity contribution >= 4 is 28.3 Å². The number of aryl methyl sites for hydroxylation is 1. The molecule has 0 aliphatic carbocycles. The Bertz CT molecular complexity index is 1390. The first-order valence-electron chi connectivity index (χ1n) is 12.4. The van der Waals surface area contributed by atoms with Crippen molar-refractivity contribution in [2.45, 2.75) is 43.9 Å². The molecule has 192 valence electrons. The van der Waals surface area contributed by atoms with Gasteiger partial charge < -0.3 is 14.7 Å². The molecule has 0 amide bonds. The van der Waals surface area contributed by atoms with Crippen LogP contribution in [0, 0.1) is 5.82 Å². The lowest BCUT2D eigenvalue weighted by Crippen LogP contribution is -2.34. The molecule has 11 heteroatoms. The summed E-state index contributed by atoms with van der Waals surface area (Å²) < 4.78 is 31.9. The Morgan fingerprint density at radius 3 is 2.62 bits per heavy atom. The summed E-state index contributed by atoms with van der Waals surface area (Å²) in [5.74, 6) is 2.58. The number of piperidine rings is 1. The fourth-order valence-corrected chi connectivity index (χ4v) is 5.76. The fraction of sp³-hybridized carbons (Fsp3) is 0.346. The quantitative estimate of drug-likeness (QED) is 0.393. The summed E-state index contributed by atoms with van der Waals surface area (Å²) in [6.45, 7) is 5.44. The lowest BCUT2D eigenvalue weighted by atomic mass is 9.97. The van der Waals surface area contributed by atoms with Gasteiger partial charge in [0.25, 0.3) is 0 Å². The maximum atomic E-state index is 13.7. The van der Waals surface area contributed by atoms with Crippen LogP contribution in [0.3, 0.4) is 0 Å². The Labute approximate surface area is 217 Å². The zero-order valence-electron chi connectivity index (χ0n) is 20.7. The van der Waals surface area contributed by atoms with Gasteiger partial charge in [-0.15, -0.1) is 0 Å². The van der Waals surface area contributed by atoms with Crippen molar-refractivity contribution in [1.29, 1.82) is 0 Å². The molecule has 4 aromatic rings. The van der Waals surface area contributed by atoms with Gasteiger partial charge in [-0.25, -0.2) is 9.37 Å². The Hall–Kier alpha value is -3.73. The highest BCUT2D eigenvalue weighted by Crippen LogP contribution is 2.34. The Morgan fingerprint density at radius 2 is 1.86 bits per heavy atom. The molecular weight excluding hydrogens is 493 g/mol. The molecule has 0 spiro atoms. The minimum atomic E-state index is -1.18. The summed E-state index contributed by atoms with van der Waals surface area (Å²) in [6, 6.07) is 9.86. The van der Waals surface area contributed by atoms with E-state index in [0.29, 0.717) is 46.2 Å². The Morgan fingerprint density at radius 1 is 1.08 bits per heavy atom. The molecule has 6 rings (SSSR count). The van der Waals surface area contributed by atoms with E-state index < -0.39 is 10.8 Å². The highest BCUT2D eigenvalue weighted by atomic mass is 32.2. The minimum Gasteiger partial charge on any atom is -0.341 e. The van der Waals surface area contributed by atoms with Gasteiger partial charge in [-0.3, -0.25) is 9.19 Å². The van der Waals surface area contributed by atoms with E-state index in [4.69, 9.17) is 14.5 Å². The second kappa shape index (κ2) is 11.1. The molecule has 0 radical (unpaired) electrons. The van der Waals surface area contributed by atoms with Crippen LogP contribution in [0.5, 0.6) is 0 Å². The highest BCUT2D eigenvalue weighted by Gasteiger charge is 2.30. The van der Waals surface area contributed by atoms with Crippen LogP contribution < -0.4 is 10.2 Å². The third kappa shape index (κ3) is 5.36. The molecule has 2 aliphatic rings. The number of pyridine rings is 1. The molecule has 3 aromatic heterocycles. The monoisotopic (exact) mass is 521 g/mol. The highest BCUT2D eigenvalue weighted by molar-refractivity contribution is 7.85. The number of hydrogen-bond donors (Lipinski definition) is 1. The third-order valence-electron chi connectivity index (χ3n) is 6.27. The number of rotatable bonds is 5. The third-order valence-corrected chi connectivity index (χ3v) is 7.73. The maximum Gasteiger partial charge on any atom is 0.230 e. The number of fused-ring (bicyclic) bond motifs is 1. The van der Waals surface area contributed by atoms with Crippen molar-refractivity contribution in [3.8, 4) is 11.4 Å². The van der Waals surface area contributed by atoms with Gasteiger partial charge >= 0.3 is 0 Å². The molecule has 9 nitrogen and oxygen atoms in total. The molecular formula is C26H28FN7O2S. The SMILES string of the molecule is CC.O=S1CCc2nc(N3CCC(c4nc(-c5ccncc5)no4)CC3)nc(Nc3cccc(F)c3)c21. The number of hydrogen-bond acceptors (Lipinski definition) is 9. The van der Waals surface area contributed by atoms with E-state index in [9.17, 15) is 8.60 Å². The zero-order valence-corrected chi connectivity index (χ0v) is 21.5. The van der Waals surface area contributed by atoms with Crippen LogP contribution in [0.2, 0.25) is 0 Å². The molecule has 1 N–H and O–H groups in total. The first-order valence-corrected chi connectivity index (χ1v) is 13.8. The predicted molar refractivity (Wildman–Crippen MR) is 140 cm³/mol. The zero-order chi connectivity index (χ0) is 25.8. The van der Waals surface area contributed by atoms with Gasteiger partial charge in [0.15, 0.2) is 5.82 Å². The summed E-state index contributed by atoms with van der Waals surface area (Å²) >= 11 is 0. The van der Waals surface area contributed by atoms with Gasteiger partial charge in [0, 0.05) is 54.8 Å². The first kappa shape index (κ1) is 24.9. The van der Waals surface area contributed by atoms with Gasteiger partial charge in [0.2, 0.25) is 17.7 Å². The molecule has 37 heavy (non-hydrogen) atoms. The maximum absolute atomic E-state index is 13.7. The van der Waals surface area contributed by atoms with Crippen molar-refractivity contribution in [2.24, 2.45) is 0 Å². The number of aromatic nitrogens is 5. The summed E-state index contributed by atoms with van der Waals surface area (Å²) in [5, 5.41) is 7.29. The van der Waals surface area contributed by atoms with E-state index >= 15 is 0 Å². The molecule has 0 saturated carbocycles. The first-order chi connectivity index (χ1) is 18.1. The number of nitrogens with one attached hydrogen (secondary N) is 1. The second-order valence-corrected chi connectivity index (χ2v) is 10.0. The number of anilines is 3. The van der Waals surface area contributed by atoms with Crippen molar-refractivity contribution in [3.63, 3.8) is 0 Å². The molecule has 1 unspecified atom stereocenters. The molecule has 2 aliphatic heterocycles. The van der Waals surface area contributed by atoms with E-state index in [0.717, 1.165) is 37.2 Å². The molecule has 1 saturated heterocycles. The van der Waals surface area contributed by atoms with Crippen LogP contribution in [0.25, 0.3) is 11.4 Å². The number of benzene rings is 1. The van der Waals surface area contributed by atoms with Gasteiger partial charge in [0.05, 0.1) is 16.5 Å². The standard InChI is InChI=1S/C24H22FN7O2S.C2H6/c25-17-2-1-3-18(14-17)27-22-20-19(8-13-35(20)33)28-24(30-22)32-11-6-16(7-12-32)23-29-21(31-34-23)15-4-9-26-10-5-15;1-2/h1-5,9-10,14,16H,6-8,11-13H2,(H,27,28,30);1-2H3. The van der Waals surface area contributed by atoms with Gasteiger partial charge in [0.1, 0.15) is 10.7 Å². The lowest BCUT2D eigenvalue weighted by Gasteiger charge is -2.30. The molecule has 1 atom stereocenters. The predicted octanol–water partition coefficient (Wildman–Crippen LogP) is 4.88. The summed E-state index contributed by atoms with van der Waals surface area (Å²) in [5.41, 5.74) is 2.21. The Balaban J connectivity index is 0.00000137. The normalized spacial score (nSPS) is 17.2. The van der Waals surface area contributed by atoms with E-state index in [1.165, 1.54) is 12.1 Å². The minimum absolute atomic E-state index is 0.154. The van der Waals surface area contributed by atoms with Crippen LogP contribution in [-0.2, 0) is 17.2 Å². The average molecular weight is 522 g/mol. The van der Waals surface area contributed by atoms with Crippen LogP contribution in [0.15, 0.2) is 58.2 Å². The Kier molecular flexibility index (Phi) is 7.50. The van der Waals surface area contributed by atoms with Crippen LogP contribution in [0.4, 0.5) is 21.8 Å². The number of nitrogens with zero attached hydrogens (tertiary/aromatic N) is 6. The molecule has 0 bridgehead atoms. The van der Waals surface area contributed by atoms with Gasteiger partial charge in [-0.1, -0.05) is 25.1 Å². The summed E-state index contributed by atoms with van der Waals surface area (Å²) in [7, 11) is -1.18. The largest absolute Gasteiger partial charge is 0.341 e. The van der Waals surface area contributed by atoms with E-state index in [1.54, 1.807) is 24.5 Å². The fourth-order valence-electron chi connectivity index (χ4n) is 4.46. The summed E-state index contributed by atoms with van der Waals surface area (Å²) in [4.78, 5) is 20.8. The molecule has 5 heterocycles. The topological polar surface area (TPSA) is 110 Å². The summed E-state index contributed by atoms with van der Waals surface area (Å²) in [6.07, 6.45) is 5.67. The van der Waals surface area contributed by atoms with Gasteiger partial charge in [-0.05, 0) is 43.2 Å². The van der Waals surface area contributed by atoms with Crippen LogP contribution >= 0.6 is 0 Å². The smallest absolute Gasteiger partial charge is 0.230 e. The second-order valence-electron chi connectivity index (χ2n) is 8.54. The van der Waals surface area contributed by atoms with Crippen LogP contribution in [-0.4, -0.2) is 48.1 Å². The van der Waals surface area contributed by atoms with Crippen molar-refractivity contribution in [2.75, 3.05) is 29.1 Å². The molecule has 1 aromatic carbocycles. The van der Waals surface area contributed by atoms with Crippen molar-refractivity contribution in [1.82, 2.24) is 25.1 Å². The molecule has 1 fully saturated rings. The van der Waals surface area contributed by atoms with E-state index in [2.05, 4.69) is 25.3 Å². The lowest BCUT2D eigenvalue weighted by molar-refractivity contribution is 0.329. The average Bonchev–Trinajstić information content (AvgIpc) is 3.58. The van der Waals surface area contributed by atoms with Crippen molar-refractivity contribution in [3.05, 3.63) is 66.2 Å². The van der Waals surface area contributed by atoms with E-state index in [-0.39, 0.29) is 11.7 Å². The number of halogens is 1.